The van der Waals surface area contributed by atoms with Gasteiger partial charge in [-0.15, -0.1) is 24.0 Å². The molecular formula is C21H35IN4. The van der Waals surface area contributed by atoms with Crippen molar-refractivity contribution in [3.8, 4) is 0 Å². The number of likely N-dealkylation sites (tertiary alicyclic amines) is 1. The third-order valence-corrected chi connectivity index (χ3v) is 5.64. The van der Waals surface area contributed by atoms with Crippen LogP contribution >= 0.6 is 24.0 Å². The van der Waals surface area contributed by atoms with Gasteiger partial charge in [0.2, 0.25) is 0 Å². The zero-order valence-electron chi connectivity index (χ0n) is 16.5. The van der Waals surface area contributed by atoms with E-state index in [9.17, 15) is 0 Å². The number of benzene rings is 1. The molecule has 4 nitrogen and oxygen atoms in total. The lowest BCUT2D eigenvalue weighted by atomic mass is 10.1. The summed E-state index contributed by atoms with van der Waals surface area (Å²) in [7, 11) is 0. The average Bonchev–Trinajstić information content (AvgIpc) is 3.26. The molecule has 0 spiro atoms. The molecule has 1 saturated heterocycles. The van der Waals surface area contributed by atoms with Crippen LogP contribution in [-0.4, -0.2) is 61.1 Å². The highest BCUT2D eigenvalue weighted by Crippen LogP contribution is 2.40. The highest BCUT2D eigenvalue weighted by Gasteiger charge is 2.40. The molecule has 1 heterocycles. The zero-order valence-corrected chi connectivity index (χ0v) is 18.9. The number of nitrogens with one attached hydrogen (secondary N) is 1. The predicted molar refractivity (Wildman–Crippen MR) is 122 cm³/mol. The van der Waals surface area contributed by atoms with Gasteiger partial charge in [0.25, 0.3) is 0 Å². The minimum atomic E-state index is 0. The number of nitrogens with zero attached hydrogens (tertiary/aromatic N) is 3. The molecule has 1 saturated carbocycles. The van der Waals surface area contributed by atoms with Gasteiger partial charge in [-0.2, -0.15) is 0 Å². The second kappa shape index (κ2) is 10.5. The zero-order chi connectivity index (χ0) is 17.6. The van der Waals surface area contributed by atoms with Crippen molar-refractivity contribution in [3.63, 3.8) is 0 Å². The first-order valence-electron chi connectivity index (χ1n) is 10.1. The van der Waals surface area contributed by atoms with E-state index in [1.807, 2.05) is 0 Å². The minimum Gasteiger partial charge on any atom is -0.353 e. The van der Waals surface area contributed by atoms with E-state index in [1.165, 1.54) is 24.9 Å². The fraction of sp³-hybridized carbons (Fsp3) is 0.667. The van der Waals surface area contributed by atoms with Crippen molar-refractivity contribution in [2.75, 3.05) is 39.3 Å². The van der Waals surface area contributed by atoms with E-state index in [2.05, 4.69) is 66.2 Å². The second-order valence-electron chi connectivity index (χ2n) is 7.39. The van der Waals surface area contributed by atoms with Gasteiger partial charge >= 0.3 is 0 Å². The summed E-state index contributed by atoms with van der Waals surface area (Å²) in [5.41, 5.74) is 1.46. The highest BCUT2D eigenvalue weighted by atomic mass is 127. The molecule has 1 aliphatic carbocycles. The molecule has 0 aromatic heterocycles. The van der Waals surface area contributed by atoms with Crippen LogP contribution in [0.2, 0.25) is 0 Å². The normalized spacial score (nSPS) is 25.3. The first-order chi connectivity index (χ1) is 12.2. The van der Waals surface area contributed by atoms with Crippen LogP contribution in [0.15, 0.2) is 35.3 Å². The van der Waals surface area contributed by atoms with Gasteiger partial charge in [-0.3, -0.25) is 4.99 Å². The standard InChI is InChI=1S/C21H34N4.HI/c1-4-22-21(23-20-14-19(20)18-10-8-7-9-11-18)25-13-12-17(16-25)15-24(5-2)6-3;/h7-11,17,19-20H,4-6,12-16H2,1-3H3,(H,22,23);1H. The lowest BCUT2D eigenvalue weighted by molar-refractivity contribution is 0.255. The van der Waals surface area contributed by atoms with Crippen LogP contribution in [0, 0.1) is 5.92 Å². The van der Waals surface area contributed by atoms with Crippen LogP contribution < -0.4 is 5.32 Å². The number of guanidine groups is 1. The van der Waals surface area contributed by atoms with Gasteiger partial charge in [-0.25, -0.2) is 0 Å². The molecule has 3 unspecified atom stereocenters. The Balaban J connectivity index is 0.00000243. The molecule has 1 aliphatic heterocycles. The van der Waals surface area contributed by atoms with Crippen molar-refractivity contribution in [2.45, 2.75) is 45.6 Å². The van der Waals surface area contributed by atoms with Crippen LogP contribution in [0.1, 0.15) is 45.1 Å². The smallest absolute Gasteiger partial charge is 0.194 e. The largest absolute Gasteiger partial charge is 0.353 e. The summed E-state index contributed by atoms with van der Waals surface area (Å²) in [5, 5.41) is 3.75. The fourth-order valence-corrected chi connectivity index (χ4v) is 4.00. The third-order valence-electron chi connectivity index (χ3n) is 5.64. The lowest BCUT2D eigenvalue weighted by Crippen LogP contribution is -2.42. The van der Waals surface area contributed by atoms with Gasteiger partial charge in [0.05, 0.1) is 0 Å². The predicted octanol–water partition coefficient (Wildman–Crippen LogP) is 3.79. The molecule has 146 valence electrons. The molecule has 0 amide bonds. The van der Waals surface area contributed by atoms with Crippen molar-refractivity contribution in [1.82, 2.24) is 15.1 Å². The number of hydrogen-bond acceptors (Lipinski definition) is 2. The van der Waals surface area contributed by atoms with Crippen molar-refractivity contribution < 1.29 is 0 Å². The van der Waals surface area contributed by atoms with Crippen molar-refractivity contribution in [2.24, 2.45) is 10.9 Å². The van der Waals surface area contributed by atoms with E-state index in [1.54, 1.807) is 0 Å². The van der Waals surface area contributed by atoms with Crippen molar-refractivity contribution in [3.05, 3.63) is 35.9 Å². The molecule has 1 aromatic rings. The van der Waals surface area contributed by atoms with E-state index in [0.717, 1.165) is 44.6 Å². The fourth-order valence-electron chi connectivity index (χ4n) is 4.00. The summed E-state index contributed by atoms with van der Waals surface area (Å²) in [6.07, 6.45) is 2.51. The molecule has 3 atom stereocenters. The van der Waals surface area contributed by atoms with Gasteiger partial charge in [-0.1, -0.05) is 44.2 Å². The van der Waals surface area contributed by atoms with Crippen LogP contribution in [0.3, 0.4) is 0 Å². The van der Waals surface area contributed by atoms with E-state index in [-0.39, 0.29) is 24.0 Å². The number of halogens is 1. The van der Waals surface area contributed by atoms with Crippen molar-refractivity contribution >= 4 is 29.9 Å². The van der Waals surface area contributed by atoms with E-state index >= 15 is 0 Å². The summed E-state index contributed by atoms with van der Waals surface area (Å²) in [6, 6.07) is 11.4. The van der Waals surface area contributed by atoms with E-state index < -0.39 is 0 Å². The minimum absolute atomic E-state index is 0. The Morgan fingerprint density at radius 2 is 1.92 bits per heavy atom. The van der Waals surface area contributed by atoms with Gasteiger partial charge in [0, 0.05) is 38.1 Å². The van der Waals surface area contributed by atoms with Crippen molar-refractivity contribution in [1.29, 1.82) is 0 Å². The molecule has 5 heteroatoms. The molecule has 2 fully saturated rings. The quantitative estimate of drug-likeness (QED) is 0.374. The molecule has 26 heavy (non-hydrogen) atoms. The summed E-state index contributed by atoms with van der Waals surface area (Å²) in [4.78, 5) is 9.82. The number of aliphatic imine (C=N–C) groups is 1. The van der Waals surface area contributed by atoms with Gasteiger partial charge in [-0.05, 0) is 44.3 Å². The van der Waals surface area contributed by atoms with Gasteiger partial charge < -0.3 is 15.1 Å². The molecular weight excluding hydrogens is 435 g/mol. The molecule has 0 bridgehead atoms. The maximum Gasteiger partial charge on any atom is 0.194 e. The summed E-state index contributed by atoms with van der Waals surface area (Å²) in [5.74, 6) is 2.55. The van der Waals surface area contributed by atoms with E-state index in [4.69, 9.17) is 4.99 Å². The Labute approximate surface area is 176 Å². The first kappa shape index (κ1) is 21.5. The maximum absolute atomic E-state index is 4.79. The summed E-state index contributed by atoms with van der Waals surface area (Å²) >= 11 is 0. The van der Waals surface area contributed by atoms with Crippen LogP contribution in [0.5, 0.6) is 0 Å². The Bertz CT molecular complexity index is 558. The number of rotatable bonds is 7. The first-order valence-corrected chi connectivity index (χ1v) is 10.1. The maximum atomic E-state index is 4.79. The SMILES string of the molecule is CCN=C(NC1CC1c1ccccc1)N1CCC(CN(CC)CC)C1.I. The molecule has 3 rings (SSSR count). The Morgan fingerprint density at radius 1 is 1.19 bits per heavy atom. The Hall–Kier alpha value is -0.820. The Kier molecular flexibility index (Phi) is 8.67. The molecule has 2 aliphatic rings. The highest BCUT2D eigenvalue weighted by molar-refractivity contribution is 14.0. The summed E-state index contributed by atoms with van der Waals surface area (Å²) in [6.45, 7) is 13.3. The lowest BCUT2D eigenvalue weighted by Gasteiger charge is -2.24. The third kappa shape index (κ3) is 5.59. The summed E-state index contributed by atoms with van der Waals surface area (Å²) < 4.78 is 0. The molecule has 1 aromatic carbocycles. The van der Waals surface area contributed by atoms with Crippen LogP contribution in [0.4, 0.5) is 0 Å². The second-order valence-corrected chi connectivity index (χ2v) is 7.39. The molecule has 1 N–H and O–H groups in total. The monoisotopic (exact) mass is 470 g/mol. The topological polar surface area (TPSA) is 30.9 Å². The van der Waals surface area contributed by atoms with Crippen LogP contribution in [-0.2, 0) is 0 Å². The average molecular weight is 470 g/mol. The van der Waals surface area contributed by atoms with Gasteiger partial charge in [0.15, 0.2) is 5.96 Å². The van der Waals surface area contributed by atoms with E-state index in [0.29, 0.717) is 12.0 Å². The van der Waals surface area contributed by atoms with Crippen LogP contribution in [0.25, 0.3) is 0 Å². The van der Waals surface area contributed by atoms with Gasteiger partial charge in [0.1, 0.15) is 0 Å². The number of hydrogen-bond donors (Lipinski definition) is 1. The Morgan fingerprint density at radius 3 is 2.58 bits per heavy atom. The molecule has 0 radical (unpaired) electrons.